The highest BCUT2D eigenvalue weighted by Crippen LogP contribution is 2.29. The lowest BCUT2D eigenvalue weighted by Crippen LogP contribution is -2.42. The highest BCUT2D eigenvalue weighted by Gasteiger charge is 2.38. The van der Waals surface area contributed by atoms with E-state index in [1.54, 1.807) is 7.11 Å². The number of unbranched alkanes of at least 4 members (excludes halogenated alkanes) is 1. The molecule has 1 rings (SSSR count). The molecule has 0 aromatic heterocycles. The zero-order chi connectivity index (χ0) is 11.9. The summed E-state index contributed by atoms with van der Waals surface area (Å²) in [5.41, 5.74) is -0.152. The maximum absolute atomic E-state index is 12.0. The minimum atomic E-state index is -0.152. The molecule has 1 aliphatic rings. The van der Waals surface area contributed by atoms with Crippen molar-refractivity contribution in [2.75, 3.05) is 33.4 Å². The van der Waals surface area contributed by atoms with Crippen LogP contribution in [0.5, 0.6) is 0 Å². The Labute approximate surface area is 98.1 Å². The van der Waals surface area contributed by atoms with Gasteiger partial charge in [0, 0.05) is 26.8 Å². The van der Waals surface area contributed by atoms with Crippen molar-refractivity contribution in [1.29, 1.82) is 0 Å². The summed E-state index contributed by atoms with van der Waals surface area (Å²) in [6.45, 7) is 5.43. The van der Waals surface area contributed by atoms with Crippen LogP contribution in [-0.4, -0.2) is 39.3 Å². The molecule has 1 saturated heterocycles. The molecule has 1 aliphatic heterocycles. The van der Waals surface area contributed by atoms with E-state index in [4.69, 9.17) is 4.74 Å². The summed E-state index contributed by atoms with van der Waals surface area (Å²) in [5.74, 6) is 0.220. The first-order valence-electron chi connectivity index (χ1n) is 6.23. The number of rotatable bonds is 7. The summed E-state index contributed by atoms with van der Waals surface area (Å²) in [6.07, 6.45) is 3.89. The van der Waals surface area contributed by atoms with Crippen molar-refractivity contribution in [1.82, 2.24) is 10.6 Å². The summed E-state index contributed by atoms with van der Waals surface area (Å²) >= 11 is 0. The lowest BCUT2D eigenvalue weighted by molar-refractivity contribution is -0.130. The topological polar surface area (TPSA) is 50.4 Å². The number of carbonyl (C=O) groups excluding carboxylic acids is 1. The van der Waals surface area contributed by atoms with E-state index in [2.05, 4.69) is 17.6 Å². The van der Waals surface area contributed by atoms with Crippen molar-refractivity contribution < 1.29 is 9.53 Å². The molecule has 16 heavy (non-hydrogen) atoms. The zero-order valence-electron chi connectivity index (χ0n) is 10.5. The van der Waals surface area contributed by atoms with E-state index < -0.39 is 0 Å². The number of ether oxygens (including phenoxy) is 1. The molecule has 0 saturated carbocycles. The second kappa shape index (κ2) is 6.86. The van der Waals surface area contributed by atoms with Crippen LogP contribution in [0.1, 0.15) is 32.6 Å². The minimum absolute atomic E-state index is 0.152. The molecule has 1 unspecified atom stereocenters. The van der Waals surface area contributed by atoms with E-state index in [0.717, 1.165) is 51.9 Å². The average molecular weight is 228 g/mol. The lowest BCUT2D eigenvalue weighted by atomic mass is 9.83. The van der Waals surface area contributed by atoms with Crippen LogP contribution in [-0.2, 0) is 9.53 Å². The van der Waals surface area contributed by atoms with E-state index in [-0.39, 0.29) is 11.3 Å². The Morgan fingerprint density at radius 3 is 2.88 bits per heavy atom. The molecule has 0 aromatic carbocycles. The van der Waals surface area contributed by atoms with Crippen molar-refractivity contribution in [2.24, 2.45) is 5.41 Å². The van der Waals surface area contributed by atoms with Gasteiger partial charge in [0.1, 0.15) is 0 Å². The second-order valence-electron chi connectivity index (χ2n) is 4.52. The third-order valence-corrected chi connectivity index (χ3v) is 3.46. The molecule has 1 atom stereocenters. The first-order chi connectivity index (χ1) is 7.75. The summed E-state index contributed by atoms with van der Waals surface area (Å²) in [4.78, 5) is 12.0. The Hall–Kier alpha value is -0.610. The molecular weight excluding hydrogens is 204 g/mol. The van der Waals surface area contributed by atoms with Crippen LogP contribution >= 0.6 is 0 Å². The van der Waals surface area contributed by atoms with Gasteiger partial charge < -0.3 is 15.4 Å². The van der Waals surface area contributed by atoms with Gasteiger partial charge in [-0.15, -0.1) is 0 Å². The van der Waals surface area contributed by atoms with Gasteiger partial charge in [0.15, 0.2) is 0 Å². The maximum Gasteiger partial charge on any atom is 0.227 e. The predicted molar refractivity (Wildman–Crippen MR) is 64.3 cm³/mol. The average Bonchev–Trinajstić information content (AvgIpc) is 2.78. The molecule has 0 radical (unpaired) electrons. The monoisotopic (exact) mass is 228 g/mol. The van der Waals surface area contributed by atoms with Crippen LogP contribution in [0, 0.1) is 5.41 Å². The summed E-state index contributed by atoms with van der Waals surface area (Å²) in [7, 11) is 1.70. The van der Waals surface area contributed by atoms with Gasteiger partial charge in [-0.3, -0.25) is 4.79 Å². The van der Waals surface area contributed by atoms with Crippen LogP contribution < -0.4 is 10.6 Å². The molecule has 1 fully saturated rings. The molecule has 1 heterocycles. The largest absolute Gasteiger partial charge is 0.385 e. The van der Waals surface area contributed by atoms with Crippen LogP contribution in [0.2, 0.25) is 0 Å². The predicted octanol–water partition coefficient (Wildman–Crippen LogP) is 0.919. The van der Waals surface area contributed by atoms with E-state index in [9.17, 15) is 4.79 Å². The first kappa shape index (κ1) is 13.5. The Bertz CT molecular complexity index is 213. The quantitative estimate of drug-likeness (QED) is 0.637. The highest BCUT2D eigenvalue weighted by atomic mass is 16.5. The van der Waals surface area contributed by atoms with Crippen LogP contribution in [0.15, 0.2) is 0 Å². The van der Waals surface area contributed by atoms with Gasteiger partial charge in [0.25, 0.3) is 0 Å². The van der Waals surface area contributed by atoms with Crippen molar-refractivity contribution in [3.63, 3.8) is 0 Å². The van der Waals surface area contributed by atoms with Crippen molar-refractivity contribution in [2.45, 2.75) is 32.6 Å². The number of nitrogens with one attached hydrogen (secondary N) is 2. The van der Waals surface area contributed by atoms with Crippen molar-refractivity contribution >= 4 is 5.91 Å². The molecule has 4 nitrogen and oxygen atoms in total. The number of methoxy groups -OCH3 is 1. The van der Waals surface area contributed by atoms with E-state index in [1.807, 2.05) is 0 Å². The first-order valence-corrected chi connectivity index (χ1v) is 6.23. The molecule has 4 heteroatoms. The van der Waals surface area contributed by atoms with Gasteiger partial charge in [-0.05, 0) is 32.2 Å². The number of carbonyl (C=O) groups is 1. The van der Waals surface area contributed by atoms with Crippen molar-refractivity contribution in [3.8, 4) is 0 Å². The van der Waals surface area contributed by atoms with Crippen LogP contribution in [0.3, 0.4) is 0 Å². The van der Waals surface area contributed by atoms with Gasteiger partial charge >= 0.3 is 0 Å². The fourth-order valence-electron chi connectivity index (χ4n) is 2.16. The van der Waals surface area contributed by atoms with Gasteiger partial charge in [0.05, 0.1) is 5.41 Å². The Balaban J connectivity index is 2.22. The van der Waals surface area contributed by atoms with E-state index in [1.165, 1.54) is 0 Å². The number of amides is 1. The van der Waals surface area contributed by atoms with Crippen LogP contribution in [0.25, 0.3) is 0 Å². The summed E-state index contributed by atoms with van der Waals surface area (Å²) in [5, 5.41) is 6.32. The van der Waals surface area contributed by atoms with Crippen molar-refractivity contribution in [3.05, 3.63) is 0 Å². The van der Waals surface area contributed by atoms with Gasteiger partial charge in [-0.25, -0.2) is 0 Å². The SMILES string of the molecule is CCC1(C(=O)NCCCCOC)CCNC1. The molecule has 0 bridgehead atoms. The molecule has 0 aliphatic carbocycles. The second-order valence-corrected chi connectivity index (χ2v) is 4.52. The molecule has 94 valence electrons. The Morgan fingerprint density at radius 2 is 2.31 bits per heavy atom. The fraction of sp³-hybridized carbons (Fsp3) is 0.917. The minimum Gasteiger partial charge on any atom is -0.385 e. The molecule has 0 spiro atoms. The number of hydrogen-bond donors (Lipinski definition) is 2. The maximum atomic E-state index is 12.0. The molecular formula is C12H24N2O2. The van der Waals surface area contributed by atoms with Gasteiger partial charge in [-0.2, -0.15) is 0 Å². The highest BCUT2D eigenvalue weighted by molar-refractivity contribution is 5.83. The third kappa shape index (κ3) is 3.46. The van der Waals surface area contributed by atoms with E-state index in [0.29, 0.717) is 0 Å². The summed E-state index contributed by atoms with van der Waals surface area (Å²) < 4.78 is 4.97. The Morgan fingerprint density at radius 1 is 1.50 bits per heavy atom. The summed E-state index contributed by atoms with van der Waals surface area (Å²) in [6, 6.07) is 0. The molecule has 2 N–H and O–H groups in total. The fourth-order valence-corrected chi connectivity index (χ4v) is 2.16. The standard InChI is InChI=1S/C12H24N2O2/c1-3-12(6-8-13-10-12)11(15)14-7-4-5-9-16-2/h13H,3-10H2,1-2H3,(H,14,15). The third-order valence-electron chi connectivity index (χ3n) is 3.46. The molecule has 0 aromatic rings. The molecule has 1 amide bonds. The normalized spacial score (nSPS) is 24.6. The smallest absolute Gasteiger partial charge is 0.227 e. The number of hydrogen-bond acceptors (Lipinski definition) is 3. The lowest BCUT2D eigenvalue weighted by Gasteiger charge is -2.25. The Kier molecular flexibility index (Phi) is 5.77. The van der Waals surface area contributed by atoms with Gasteiger partial charge in [-0.1, -0.05) is 6.92 Å². The zero-order valence-corrected chi connectivity index (χ0v) is 10.5. The van der Waals surface area contributed by atoms with Gasteiger partial charge in [0.2, 0.25) is 5.91 Å². The van der Waals surface area contributed by atoms with Crippen LogP contribution in [0.4, 0.5) is 0 Å². The van der Waals surface area contributed by atoms with E-state index >= 15 is 0 Å².